The number of fused-ring (bicyclic) bond motifs is 1. The van der Waals surface area contributed by atoms with Crippen LogP contribution in [0.1, 0.15) is 47.9 Å². The van der Waals surface area contributed by atoms with E-state index in [1.54, 1.807) is 0 Å². The van der Waals surface area contributed by atoms with E-state index in [2.05, 4.69) is 0 Å². The number of phenolic OH excluding ortho intramolecular Hbond substituents is 1. The second kappa shape index (κ2) is 7.30. The lowest BCUT2D eigenvalue weighted by Gasteiger charge is -2.33. The molecule has 2 heterocycles. The van der Waals surface area contributed by atoms with Gasteiger partial charge in [0, 0.05) is 5.56 Å². The Morgan fingerprint density at radius 3 is 2.58 bits per heavy atom. The van der Waals surface area contributed by atoms with Gasteiger partial charge >= 0.3 is 0 Å². The molecule has 134 valence electrons. The fraction of sp³-hybridized carbons (Fsp3) is 0.684. The molecule has 3 unspecified atom stereocenters. The van der Waals surface area contributed by atoms with E-state index >= 15 is 0 Å². The standard InChI is InChI=1S/C19H28O5/c1-11-12(2)19-16(13(3)18(11)21)8-7-15(24-19)10-22-17-6-4-5-14(9-20)23-17/h14-15,17,20-21H,4-10H2,1-3H3. The van der Waals surface area contributed by atoms with Gasteiger partial charge in [-0.1, -0.05) is 0 Å². The molecule has 0 radical (unpaired) electrons. The maximum Gasteiger partial charge on any atom is 0.158 e. The second-order valence-electron chi connectivity index (χ2n) is 6.94. The fourth-order valence-electron chi connectivity index (χ4n) is 3.61. The van der Waals surface area contributed by atoms with Crippen molar-refractivity contribution >= 4 is 0 Å². The highest BCUT2D eigenvalue weighted by atomic mass is 16.7. The summed E-state index contributed by atoms with van der Waals surface area (Å²) in [5.74, 6) is 1.29. The predicted molar refractivity (Wildman–Crippen MR) is 90.6 cm³/mol. The molecule has 2 aliphatic rings. The first-order valence-electron chi connectivity index (χ1n) is 8.87. The Morgan fingerprint density at radius 1 is 1.04 bits per heavy atom. The van der Waals surface area contributed by atoms with Gasteiger partial charge in [0.25, 0.3) is 0 Å². The van der Waals surface area contributed by atoms with Crippen molar-refractivity contribution in [2.45, 2.75) is 71.4 Å². The summed E-state index contributed by atoms with van der Waals surface area (Å²) in [6, 6.07) is 0. The molecule has 0 amide bonds. The van der Waals surface area contributed by atoms with Crippen LogP contribution in [0, 0.1) is 20.8 Å². The molecule has 5 heteroatoms. The first kappa shape index (κ1) is 17.5. The summed E-state index contributed by atoms with van der Waals surface area (Å²) in [6.45, 7) is 6.40. The van der Waals surface area contributed by atoms with Gasteiger partial charge in [0.05, 0.1) is 19.3 Å². The van der Waals surface area contributed by atoms with Crippen molar-refractivity contribution in [3.8, 4) is 11.5 Å². The van der Waals surface area contributed by atoms with Crippen LogP contribution in [0.25, 0.3) is 0 Å². The topological polar surface area (TPSA) is 68.2 Å². The van der Waals surface area contributed by atoms with Gasteiger partial charge in [-0.2, -0.15) is 0 Å². The molecule has 0 aliphatic carbocycles. The van der Waals surface area contributed by atoms with Crippen LogP contribution >= 0.6 is 0 Å². The summed E-state index contributed by atoms with van der Waals surface area (Å²) >= 11 is 0. The average molecular weight is 336 g/mol. The molecule has 2 aliphatic heterocycles. The monoisotopic (exact) mass is 336 g/mol. The van der Waals surface area contributed by atoms with Crippen molar-refractivity contribution in [2.24, 2.45) is 0 Å². The third-order valence-electron chi connectivity index (χ3n) is 5.32. The van der Waals surface area contributed by atoms with Crippen molar-refractivity contribution in [3.05, 3.63) is 22.3 Å². The number of benzene rings is 1. The van der Waals surface area contributed by atoms with Crippen LogP contribution in [-0.4, -0.2) is 41.9 Å². The first-order valence-corrected chi connectivity index (χ1v) is 8.87. The summed E-state index contributed by atoms with van der Waals surface area (Å²) in [5.41, 5.74) is 3.93. The summed E-state index contributed by atoms with van der Waals surface area (Å²) in [6.07, 6.45) is 4.17. The lowest BCUT2D eigenvalue weighted by Crippen LogP contribution is -2.36. The quantitative estimate of drug-likeness (QED) is 0.885. The molecular formula is C19H28O5. The molecule has 5 nitrogen and oxygen atoms in total. The van der Waals surface area contributed by atoms with Crippen molar-refractivity contribution in [1.29, 1.82) is 0 Å². The molecular weight excluding hydrogens is 308 g/mol. The smallest absolute Gasteiger partial charge is 0.158 e. The minimum absolute atomic E-state index is 0.00218. The first-order chi connectivity index (χ1) is 11.5. The minimum Gasteiger partial charge on any atom is -0.507 e. The molecule has 0 aromatic heterocycles. The van der Waals surface area contributed by atoms with Crippen LogP contribution in [0.15, 0.2) is 0 Å². The molecule has 1 aromatic rings. The highest BCUT2D eigenvalue weighted by Crippen LogP contribution is 2.40. The van der Waals surface area contributed by atoms with Crippen molar-refractivity contribution in [1.82, 2.24) is 0 Å². The SMILES string of the molecule is Cc1c(C)c2c(c(C)c1O)CCC(COC1CCCC(CO)O1)O2. The number of aliphatic hydroxyl groups is 1. The molecule has 3 atom stereocenters. The summed E-state index contributed by atoms with van der Waals surface area (Å²) in [5, 5.41) is 19.4. The maximum absolute atomic E-state index is 10.2. The van der Waals surface area contributed by atoms with Crippen LogP contribution in [0.3, 0.4) is 0 Å². The number of ether oxygens (including phenoxy) is 3. The third-order valence-corrected chi connectivity index (χ3v) is 5.32. The Morgan fingerprint density at radius 2 is 1.83 bits per heavy atom. The zero-order valence-electron chi connectivity index (χ0n) is 14.8. The molecule has 24 heavy (non-hydrogen) atoms. The van der Waals surface area contributed by atoms with E-state index in [0.717, 1.165) is 60.1 Å². The Kier molecular flexibility index (Phi) is 5.33. The molecule has 0 spiro atoms. The number of hydrogen-bond donors (Lipinski definition) is 2. The Hall–Kier alpha value is -1.30. The Labute approximate surface area is 143 Å². The van der Waals surface area contributed by atoms with E-state index in [-0.39, 0.29) is 25.1 Å². The van der Waals surface area contributed by atoms with E-state index in [1.807, 2.05) is 20.8 Å². The molecule has 0 saturated carbocycles. The van der Waals surface area contributed by atoms with Crippen LogP contribution < -0.4 is 4.74 Å². The van der Waals surface area contributed by atoms with E-state index < -0.39 is 0 Å². The molecule has 3 rings (SSSR count). The van der Waals surface area contributed by atoms with Crippen LogP contribution in [0.5, 0.6) is 11.5 Å². The molecule has 0 bridgehead atoms. The minimum atomic E-state index is -0.245. The van der Waals surface area contributed by atoms with Crippen molar-refractivity contribution < 1.29 is 24.4 Å². The predicted octanol–water partition coefficient (Wildman–Crippen LogP) is 2.92. The van der Waals surface area contributed by atoms with Crippen LogP contribution in [0.2, 0.25) is 0 Å². The van der Waals surface area contributed by atoms with E-state index in [0.29, 0.717) is 12.4 Å². The van der Waals surface area contributed by atoms with Gasteiger partial charge < -0.3 is 24.4 Å². The highest BCUT2D eigenvalue weighted by Gasteiger charge is 2.28. The molecule has 1 saturated heterocycles. The molecule has 1 aromatic carbocycles. The highest BCUT2D eigenvalue weighted by molar-refractivity contribution is 5.58. The van der Waals surface area contributed by atoms with Crippen LogP contribution in [0.4, 0.5) is 0 Å². The van der Waals surface area contributed by atoms with Crippen molar-refractivity contribution in [3.63, 3.8) is 0 Å². The Bertz CT molecular complexity index is 598. The Balaban J connectivity index is 1.63. The maximum atomic E-state index is 10.2. The number of aromatic hydroxyl groups is 1. The lowest BCUT2D eigenvalue weighted by atomic mass is 9.92. The zero-order valence-corrected chi connectivity index (χ0v) is 14.8. The van der Waals surface area contributed by atoms with Gasteiger partial charge in [-0.25, -0.2) is 0 Å². The van der Waals surface area contributed by atoms with E-state index in [4.69, 9.17) is 14.2 Å². The van der Waals surface area contributed by atoms with E-state index in [9.17, 15) is 10.2 Å². The molecule has 2 N–H and O–H groups in total. The van der Waals surface area contributed by atoms with E-state index in [1.165, 1.54) is 0 Å². The third kappa shape index (κ3) is 3.39. The largest absolute Gasteiger partial charge is 0.507 e. The number of aliphatic hydroxyl groups excluding tert-OH is 1. The summed E-state index contributed by atoms with van der Waals surface area (Å²) < 4.78 is 17.8. The summed E-state index contributed by atoms with van der Waals surface area (Å²) in [7, 11) is 0. The normalized spacial score (nSPS) is 26.8. The van der Waals surface area contributed by atoms with Gasteiger partial charge in [0.1, 0.15) is 17.6 Å². The number of phenols is 1. The van der Waals surface area contributed by atoms with Crippen LogP contribution in [-0.2, 0) is 15.9 Å². The van der Waals surface area contributed by atoms with Gasteiger partial charge in [0.2, 0.25) is 0 Å². The second-order valence-corrected chi connectivity index (χ2v) is 6.94. The number of hydrogen-bond acceptors (Lipinski definition) is 5. The number of rotatable bonds is 4. The average Bonchev–Trinajstić information content (AvgIpc) is 2.63. The zero-order chi connectivity index (χ0) is 17.3. The fourth-order valence-corrected chi connectivity index (χ4v) is 3.61. The van der Waals surface area contributed by atoms with Crippen molar-refractivity contribution in [2.75, 3.05) is 13.2 Å². The summed E-state index contributed by atoms with van der Waals surface area (Å²) in [4.78, 5) is 0. The van der Waals surface area contributed by atoms with Gasteiger partial charge in [-0.05, 0) is 69.6 Å². The van der Waals surface area contributed by atoms with Gasteiger partial charge in [-0.3, -0.25) is 0 Å². The molecule has 1 fully saturated rings. The van der Waals surface area contributed by atoms with Gasteiger partial charge in [-0.15, -0.1) is 0 Å². The lowest BCUT2D eigenvalue weighted by molar-refractivity contribution is -0.208. The van der Waals surface area contributed by atoms with Gasteiger partial charge in [0.15, 0.2) is 6.29 Å².